The Kier molecular flexibility index (Phi) is 2.73. The standard InChI is InChI=1S/C18H14N6O/c1-24-13-4-2-3-5-14(13)25-15-9-10(11-6-7-20-18(19)21-11)8-12-16(15)17(24)23-22-12/h2-9H,1H3,(H,22,23)(H2,19,20,21). The number of aromatic amines is 1. The molecule has 0 unspecified atom stereocenters. The van der Waals surface area contributed by atoms with E-state index >= 15 is 0 Å². The normalized spacial score (nSPS) is 12.6. The number of fused-ring (bicyclic) bond motifs is 1. The Hall–Kier alpha value is -3.61. The highest BCUT2D eigenvalue weighted by molar-refractivity contribution is 6.01. The fourth-order valence-electron chi connectivity index (χ4n) is 3.16. The lowest BCUT2D eigenvalue weighted by atomic mass is 10.1. The summed E-state index contributed by atoms with van der Waals surface area (Å²) in [5.41, 5.74) is 9.17. The van der Waals surface area contributed by atoms with Crippen LogP contribution in [0.3, 0.4) is 0 Å². The Balaban J connectivity index is 1.78. The van der Waals surface area contributed by atoms with Gasteiger partial charge in [0.05, 0.1) is 22.3 Å². The van der Waals surface area contributed by atoms with Gasteiger partial charge in [0.1, 0.15) is 5.75 Å². The molecule has 0 aliphatic carbocycles. The van der Waals surface area contributed by atoms with Gasteiger partial charge in [0.15, 0.2) is 11.6 Å². The van der Waals surface area contributed by atoms with Gasteiger partial charge in [-0.2, -0.15) is 5.10 Å². The smallest absolute Gasteiger partial charge is 0.220 e. The minimum Gasteiger partial charge on any atom is -0.454 e. The van der Waals surface area contributed by atoms with Crippen LogP contribution >= 0.6 is 0 Å². The summed E-state index contributed by atoms with van der Waals surface area (Å²) in [5.74, 6) is 2.57. The van der Waals surface area contributed by atoms with E-state index < -0.39 is 0 Å². The van der Waals surface area contributed by atoms with Crippen LogP contribution in [0.4, 0.5) is 17.5 Å². The van der Waals surface area contributed by atoms with Gasteiger partial charge in [-0.1, -0.05) is 12.1 Å². The minimum absolute atomic E-state index is 0.236. The molecule has 0 atom stereocenters. The van der Waals surface area contributed by atoms with E-state index in [1.807, 2.05) is 54.4 Å². The number of nitrogens with two attached hydrogens (primary N) is 1. The number of para-hydroxylation sites is 2. The van der Waals surface area contributed by atoms with E-state index in [-0.39, 0.29) is 5.95 Å². The molecule has 0 bridgehead atoms. The van der Waals surface area contributed by atoms with Crippen molar-refractivity contribution >= 4 is 28.4 Å². The Morgan fingerprint density at radius 3 is 2.88 bits per heavy atom. The predicted molar refractivity (Wildman–Crippen MR) is 96.1 cm³/mol. The van der Waals surface area contributed by atoms with Crippen LogP contribution in [0.15, 0.2) is 48.7 Å². The predicted octanol–water partition coefficient (Wildman–Crippen LogP) is 3.48. The number of nitrogens with one attached hydrogen (secondary N) is 1. The molecule has 2 aromatic carbocycles. The van der Waals surface area contributed by atoms with Gasteiger partial charge in [-0.3, -0.25) is 5.10 Å². The largest absolute Gasteiger partial charge is 0.454 e. The van der Waals surface area contributed by atoms with Crippen molar-refractivity contribution in [3.8, 4) is 22.8 Å². The summed E-state index contributed by atoms with van der Waals surface area (Å²) in [6.45, 7) is 0. The van der Waals surface area contributed by atoms with Crippen LogP contribution in [-0.4, -0.2) is 27.2 Å². The Bertz CT molecular complexity index is 1120. The second-order valence-electron chi connectivity index (χ2n) is 5.87. The third kappa shape index (κ3) is 2.02. The zero-order valence-electron chi connectivity index (χ0n) is 13.4. The Morgan fingerprint density at radius 1 is 1.12 bits per heavy atom. The van der Waals surface area contributed by atoms with Gasteiger partial charge in [0.25, 0.3) is 0 Å². The lowest BCUT2D eigenvalue weighted by Gasteiger charge is -2.16. The molecule has 7 heteroatoms. The van der Waals surface area contributed by atoms with Gasteiger partial charge < -0.3 is 15.4 Å². The number of nitrogens with zero attached hydrogens (tertiary/aromatic N) is 4. The maximum atomic E-state index is 6.22. The van der Waals surface area contributed by atoms with Crippen LogP contribution < -0.4 is 15.4 Å². The highest BCUT2D eigenvalue weighted by Crippen LogP contribution is 2.46. The number of nitrogen functional groups attached to an aromatic ring is 1. The van der Waals surface area contributed by atoms with Crippen LogP contribution in [-0.2, 0) is 0 Å². The second-order valence-corrected chi connectivity index (χ2v) is 5.87. The molecule has 25 heavy (non-hydrogen) atoms. The van der Waals surface area contributed by atoms with Gasteiger partial charge in [-0.15, -0.1) is 0 Å². The van der Waals surface area contributed by atoms with Crippen molar-refractivity contribution in [3.05, 3.63) is 48.7 Å². The van der Waals surface area contributed by atoms with E-state index in [0.717, 1.165) is 45.2 Å². The molecular weight excluding hydrogens is 316 g/mol. The number of ether oxygens (including phenoxy) is 1. The van der Waals surface area contributed by atoms with Gasteiger partial charge in [0.2, 0.25) is 5.95 Å². The SMILES string of the molecule is CN1c2ccccc2Oc2cc(-c3ccnc(N)n3)cc3[nH]nc1c23. The van der Waals surface area contributed by atoms with Gasteiger partial charge in [-0.25, -0.2) is 9.97 Å². The first kappa shape index (κ1) is 13.8. The molecule has 1 aliphatic heterocycles. The minimum atomic E-state index is 0.236. The third-order valence-electron chi connectivity index (χ3n) is 4.34. The monoisotopic (exact) mass is 330 g/mol. The fraction of sp³-hybridized carbons (Fsp3) is 0.0556. The molecule has 1 aliphatic rings. The quantitative estimate of drug-likeness (QED) is 0.555. The fourth-order valence-corrected chi connectivity index (χ4v) is 3.16. The van der Waals surface area contributed by atoms with E-state index in [1.54, 1.807) is 6.20 Å². The van der Waals surface area contributed by atoms with E-state index in [0.29, 0.717) is 0 Å². The number of benzene rings is 2. The van der Waals surface area contributed by atoms with Gasteiger partial charge in [0, 0.05) is 18.8 Å². The molecular formula is C18H14N6O. The summed E-state index contributed by atoms with van der Waals surface area (Å²) in [4.78, 5) is 10.3. The highest BCUT2D eigenvalue weighted by atomic mass is 16.5. The summed E-state index contributed by atoms with van der Waals surface area (Å²) in [6.07, 6.45) is 1.64. The van der Waals surface area contributed by atoms with Crippen LogP contribution in [0.25, 0.3) is 22.2 Å². The first-order valence-corrected chi connectivity index (χ1v) is 7.82. The lowest BCUT2D eigenvalue weighted by Crippen LogP contribution is -2.09. The zero-order valence-corrected chi connectivity index (χ0v) is 13.4. The molecule has 3 heterocycles. The Labute approximate surface area is 143 Å². The van der Waals surface area contributed by atoms with Crippen LogP contribution in [0.2, 0.25) is 0 Å². The van der Waals surface area contributed by atoms with Crippen LogP contribution in [0, 0.1) is 0 Å². The van der Waals surface area contributed by atoms with E-state index in [9.17, 15) is 0 Å². The number of rotatable bonds is 1. The van der Waals surface area contributed by atoms with Crippen LogP contribution in [0.5, 0.6) is 11.5 Å². The van der Waals surface area contributed by atoms with Crippen molar-refractivity contribution in [2.24, 2.45) is 0 Å². The maximum Gasteiger partial charge on any atom is 0.220 e. The first-order valence-electron chi connectivity index (χ1n) is 7.82. The number of anilines is 3. The van der Waals surface area contributed by atoms with Crippen molar-refractivity contribution in [2.45, 2.75) is 0 Å². The van der Waals surface area contributed by atoms with Crippen molar-refractivity contribution in [1.29, 1.82) is 0 Å². The average molecular weight is 330 g/mol. The summed E-state index contributed by atoms with van der Waals surface area (Å²) in [7, 11) is 1.98. The molecule has 7 nitrogen and oxygen atoms in total. The van der Waals surface area contributed by atoms with E-state index in [2.05, 4.69) is 20.2 Å². The summed E-state index contributed by atoms with van der Waals surface area (Å²) >= 11 is 0. The third-order valence-corrected chi connectivity index (χ3v) is 4.34. The average Bonchev–Trinajstić information content (AvgIpc) is 3.01. The molecule has 0 fully saturated rings. The second kappa shape index (κ2) is 4.94. The van der Waals surface area contributed by atoms with Crippen molar-refractivity contribution in [2.75, 3.05) is 17.7 Å². The highest BCUT2D eigenvalue weighted by Gasteiger charge is 2.24. The van der Waals surface area contributed by atoms with Crippen molar-refractivity contribution in [3.63, 3.8) is 0 Å². The van der Waals surface area contributed by atoms with E-state index in [1.165, 1.54) is 0 Å². The summed E-state index contributed by atoms with van der Waals surface area (Å²) in [5, 5.41) is 8.50. The Morgan fingerprint density at radius 2 is 2.00 bits per heavy atom. The number of H-pyrrole nitrogens is 1. The summed E-state index contributed by atoms with van der Waals surface area (Å²) < 4.78 is 6.22. The molecule has 4 aromatic rings. The topological polar surface area (TPSA) is 93.0 Å². The molecule has 0 saturated heterocycles. The number of aromatic nitrogens is 4. The first-order chi connectivity index (χ1) is 12.2. The molecule has 0 saturated carbocycles. The van der Waals surface area contributed by atoms with Crippen LogP contribution in [0.1, 0.15) is 0 Å². The zero-order chi connectivity index (χ0) is 17.0. The summed E-state index contributed by atoms with van der Waals surface area (Å²) in [6, 6.07) is 13.7. The molecule has 5 rings (SSSR count). The number of hydrogen-bond acceptors (Lipinski definition) is 6. The molecule has 3 N–H and O–H groups in total. The van der Waals surface area contributed by atoms with Crippen molar-refractivity contribution < 1.29 is 4.74 Å². The molecule has 122 valence electrons. The molecule has 2 aromatic heterocycles. The van der Waals surface area contributed by atoms with E-state index in [4.69, 9.17) is 10.5 Å². The van der Waals surface area contributed by atoms with Gasteiger partial charge >= 0.3 is 0 Å². The molecule has 0 spiro atoms. The lowest BCUT2D eigenvalue weighted by molar-refractivity contribution is 0.491. The number of hydrogen-bond donors (Lipinski definition) is 2. The maximum absolute atomic E-state index is 6.22. The van der Waals surface area contributed by atoms with Gasteiger partial charge in [-0.05, 0) is 30.3 Å². The van der Waals surface area contributed by atoms with Crippen molar-refractivity contribution in [1.82, 2.24) is 20.2 Å². The molecule has 0 amide bonds. The molecule has 0 radical (unpaired) electrons.